The van der Waals surface area contributed by atoms with Crippen molar-refractivity contribution in [3.8, 4) is 11.3 Å². The van der Waals surface area contributed by atoms with Crippen molar-refractivity contribution in [2.45, 2.75) is 57.4 Å². The average molecular weight is 602 g/mol. The van der Waals surface area contributed by atoms with E-state index in [9.17, 15) is 0 Å². The molecule has 39 heavy (non-hydrogen) atoms. The molecule has 0 spiro atoms. The number of nitrogens with zero attached hydrogens (tertiary/aromatic N) is 3. The van der Waals surface area contributed by atoms with E-state index >= 15 is 0 Å². The molecule has 1 unspecified atom stereocenters. The van der Waals surface area contributed by atoms with E-state index in [1.807, 2.05) is 28.8 Å². The van der Waals surface area contributed by atoms with Gasteiger partial charge in [0.25, 0.3) is 0 Å². The Morgan fingerprint density at radius 2 is 1.49 bits per heavy atom. The Labute approximate surface area is 244 Å². The van der Waals surface area contributed by atoms with Gasteiger partial charge >= 0.3 is 0 Å². The fraction of sp³-hybridized carbons (Fsp3) is 0.273. The van der Waals surface area contributed by atoms with Crippen molar-refractivity contribution >= 4 is 39.0 Å². The number of halogens is 2. The molecule has 0 saturated carbocycles. The van der Waals surface area contributed by atoms with E-state index in [4.69, 9.17) is 16.6 Å². The van der Waals surface area contributed by atoms with Gasteiger partial charge in [0.05, 0.1) is 16.4 Å². The number of benzene rings is 3. The summed E-state index contributed by atoms with van der Waals surface area (Å²) < 4.78 is 2.74. The zero-order valence-electron chi connectivity index (χ0n) is 22.2. The lowest BCUT2D eigenvalue weighted by atomic mass is 9.86. The van der Waals surface area contributed by atoms with Crippen LogP contribution in [0.2, 0.25) is 5.02 Å². The molecule has 0 aliphatic rings. The third kappa shape index (κ3) is 6.71. The Hall–Kier alpha value is -3.15. The van der Waals surface area contributed by atoms with E-state index in [0.29, 0.717) is 17.0 Å². The Morgan fingerprint density at radius 1 is 0.846 bits per heavy atom. The maximum Gasteiger partial charge on any atom is 0.172 e. The Morgan fingerprint density at radius 3 is 2.15 bits per heavy atom. The third-order valence-corrected chi connectivity index (χ3v) is 8.16. The molecule has 200 valence electrons. The number of rotatable bonds is 12. The SMILES string of the molecule is CCCC(CCCCC(c1ccccc1)c1ccccc1)Nc1cc(-c2ccccc2Cl)nc2c(Br)cnn12. The first kappa shape index (κ1) is 27.4. The summed E-state index contributed by atoms with van der Waals surface area (Å²) in [5.41, 5.74) is 5.31. The van der Waals surface area contributed by atoms with E-state index in [-0.39, 0.29) is 0 Å². The highest BCUT2D eigenvalue weighted by Crippen LogP contribution is 2.32. The quantitative estimate of drug-likeness (QED) is 0.145. The largest absolute Gasteiger partial charge is 0.367 e. The maximum atomic E-state index is 6.54. The summed E-state index contributed by atoms with van der Waals surface area (Å²) in [5.74, 6) is 1.36. The summed E-state index contributed by atoms with van der Waals surface area (Å²) in [7, 11) is 0. The van der Waals surface area contributed by atoms with Crippen LogP contribution in [0, 0.1) is 0 Å². The van der Waals surface area contributed by atoms with Gasteiger partial charge in [0, 0.05) is 28.6 Å². The van der Waals surface area contributed by atoms with Gasteiger partial charge in [-0.25, -0.2) is 4.98 Å². The zero-order valence-corrected chi connectivity index (χ0v) is 24.6. The standard InChI is InChI=1S/C33H34BrClN4/c1-2-13-26(18-9-10-19-27(24-14-5-3-6-15-24)25-16-7-4-8-17-25)37-32-22-31(28-20-11-12-21-30(28)35)38-33-29(34)23-36-39(32)33/h3-8,11-12,14-17,20-23,26-27,37H,2,9-10,13,18-19H2,1H3. The van der Waals surface area contributed by atoms with Gasteiger partial charge in [-0.1, -0.05) is 117 Å². The number of nitrogens with one attached hydrogen (secondary N) is 1. The van der Waals surface area contributed by atoms with Crippen LogP contribution in [0.3, 0.4) is 0 Å². The molecule has 0 aliphatic carbocycles. The Bertz CT molecular complexity index is 1450. The van der Waals surface area contributed by atoms with E-state index in [0.717, 1.165) is 59.3 Å². The van der Waals surface area contributed by atoms with Crippen molar-refractivity contribution in [1.29, 1.82) is 0 Å². The van der Waals surface area contributed by atoms with Gasteiger partial charge in [-0.3, -0.25) is 0 Å². The van der Waals surface area contributed by atoms with Crippen molar-refractivity contribution in [1.82, 2.24) is 14.6 Å². The van der Waals surface area contributed by atoms with E-state index < -0.39 is 0 Å². The van der Waals surface area contributed by atoms with Crippen molar-refractivity contribution in [2.24, 2.45) is 0 Å². The van der Waals surface area contributed by atoms with Gasteiger partial charge in [-0.2, -0.15) is 9.61 Å². The summed E-state index contributed by atoms with van der Waals surface area (Å²) >= 11 is 10.2. The molecular weight excluding hydrogens is 568 g/mol. The van der Waals surface area contributed by atoms with E-state index in [1.54, 1.807) is 6.20 Å². The molecule has 2 heterocycles. The number of aromatic nitrogens is 3. The van der Waals surface area contributed by atoms with Crippen LogP contribution in [0.5, 0.6) is 0 Å². The first-order chi connectivity index (χ1) is 19.1. The minimum Gasteiger partial charge on any atom is -0.367 e. The summed E-state index contributed by atoms with van der Waals surface area (Å²) in [5, 5.41) is 9.09. The number of unbranched alkanes of at least 4 members (excludes halogenated alkanes) is 1. The topological polar surface area (TPSA) is 42.2 Å². The average Bonchev–Trinajstić information content (AvgIpc) is 3.35. The second-order valence-corrected chi connectivity index (χ2v) is 11.3. The summed E-state index contributed by atoms with van der Waals surface area (Å²) in [6.45, 7) is 2.25. The van der Waals surface area contributed by atoms with Crippen LogP contribution in [0.1, 0.15) is 62.5 Å². The van der Waals surface area contributed by atoms with Gasteiger partial charge < -0.3 is 5.32 Å². The minimum absolute atomic E-state index is 0.342. The lowest BCUT2D eigenvalue weighted by molar-refractivity contribution is 0.529. The second kappa shape index (κ2) is 13.3. The summed E-state index contributed by atoms with van der Waals surface area (Å²) in [4.78, 5) is 4.86. The molecule has 0 bridgehead atoms. The molecule has 1 atom stereocenters. The molecule has 2 aromatic heterocycles. The molecule has 5 aromatic rings. The van der Waals surface area contributed by atoms with Crippen LogP contribution >= 0.6 is 27.5 Å². The Kier molecular flexibility index (Phi) is 9.33. The predicted molar refractivity (Wildman–Crippen MR) is 167 cm³/mol. The van der Waals surface area contributed by atoms with Gasteiger partial charge in [-0.05, 0) is 52.4 Å². The van der Waals surface area contributed by atoms with Gasteiger partial charge in [0.15, 0.2) is 5.65 Å². The Balaban J connectivity index is 1.31. The van der Waals surface area contributed by atoms with Crippen LogP contribution in [-0.4, -0.2) is 20.6 Å². The molecule has 0 saturated heterocycles. The highest BCUT2D eigenvalue weighted by molar-refractivity contribution is 9.10. The van der Waals surface area contributed by atoms with Crippen molar-refractivity contribution in [3.63, 3.8) is 0 Å². The smallest absolute Gasteiger partial charge is 0.172 e. The lowest BCUT2D eigenvalue weighted by Gasteiger charge is -2.22. The van der Waals surface area contributed by atoms with Crippen molar-refractivity contribution in [3.05, 3.63) is 118 Å². The van der Waals surface area contributed by atoms with Crippen LogP contribution < -0.4 is 5.32 Å². The fourth-order valence-corrected chi connectivity index (χ4v) is 5.91. The third-order valence-electron chi connectivity index (χ3n) is 7.27. The van der Waals surface area contributed by atoms with Crippen molar-refractivity contribution < 1.29 is 0 Å². The van der Waals surface area contributed by atoms with Gasteiger partial charge in [0.2, 0.25) is 0 Å². The number of hydrogen-bond acceptors (Lipinski definition) is 3. The molecular formula is C33H34BrClN4. The van der Waals surface area contributed by atoms with Crippen LogP contribution in [0.15, 0.2) is 102 Å². The highest BCUT2D eigenvalue weighted by atomic mass is 79.9. The molecule has 0 radical (unpaired) electrons. The first-order valence-electron chi connectivity index (χ1n) is 13.8. The number of anilines is 1. The lowest BCUT2D eigenvalue weighted by Crippen LogP contribution is -2.21. The predicted octanol–water partition coefficient (Wildman–Crippen LogP) is 9.79. The molecule has 0 fully saturated rings. The number of fused-ring (bicyclic) bond motifs is 1. The molecule has 4 nitrogen and oxygen atoms in total. The normalized spacial score (nSPS) is 12.2. The van der Waals surface area contributed by atoms with E-state index in [2.05, 4.69) is 100.0 Å². The second-order valence-electron chi connectivity index (χ2n) is 10.0. The monoisotopic (exact) mass is 600 g/mol. The molecule has 6 heteroatoms. The van der Waals surface area contributed by atoms with Crippen molar-refractivity contribution in [2.75, 3.05) is 5.32 Å². The molecule has 0 amide bonds. The molecule has 3 aromatic carbocycles. The summed E-state index contributed by atoms with van der Waals surface area (Å²) in [6, 6.07) is 32.0. The molecule has 5 rings (SSSR count). The molecule has 0 aliphatic heterocycles. The van der Waals surface area contributed by atoms with Crippen LogP contribution in [-0.2, 0) is 0 Å². The number of hydrogen-bond donors (Lipinski definition) is 1. The maximum absolute atomic E-state index is 6.54. The van der Waals surface area contributed by atoms with E-state index in [1.165, 1.54) is 17.5 Å². The first-order valence-corrected chi connectivity index (χ1v) is 15.0. The van der Waals surface area contributed by atoms with Gasteiger partial charge in [-0.15, -0.1) is 0 Å². The van der Waals surface area contributed by atoms with Crippen LogP contribution in [0.25, 0.3) is 16.9 Å². The van der Waals surface area contributed by atoms with Gasteiger partial charge in [0.1, 0.15) is 5.82 Å². The minimum atomic E-state index is 0.342. The molecule has 1 N–H and O–H groups in total. The fourth-order valence-electron chi connectivity index (χ4n) is 5.33. The highest BCUT2D eigenvalue weighted by Gasteiger charge is 2.17. The zero-order chi connectivity index (χ0) is 27.0. The van der Waals surface area contributed by atoms with Crippen LogP contribution in [0.4, 0.5) is 5.82 Å². The summed E-state index contributed by atoms with van der Waals surface area (Å²) in [6.07, 6.45) is 8.55.